The highest BCUT2D eigenvalue weighted by Crippen LogP contribution is 2.23. The van der Waals surface area contributed by atoms with E-state index < -0.39 is 0 Å². The third kappa shape index (κ3) is 3.08. The maximum absolute atomic E-state index is 5.86. The van der Waals surface area contributed by atoms with E-state index in [2.05, 4.69) is 44.0 Å². The molecule has 0 aliphatic rings. The molecule has 3 heteroatoms. The maximum atomic E-state index is 5.86. The van der Waals surface area contributed by atoms with Gasteiger partial charge in [-0.1, -0.05) is 33.6 Å². The van der Waals surface area contributed by atoms with E-state index in [9.17, 15) is 0 Å². The van der Waals surface area contributed by atoms with Crippen molar-refractivity contribution >= 4 is 43.5 Å². The molecular weight excluding hydrogens is 303 g/mol. The van der Waals surface area contributed by atoms with Crippen molar-refractivity contribution in [3.05, 3.63) is 33.3 Å². The molecule has 0 heterocycles. The lowest BCUT2D eigenvalue weighted by molar-refractivity contribution is 0.939. The minimum absolute atomic E-state index is 0.776. The van der Waals surface area contributed by atoms with Gasteiger partial charge in [0.15, 0.2) is 0 Å². The summed E-state index contributed by atoms with van der Waals surface area (Å²) in [4.78, 5) is 0. The van der Waals surface area contributed by atoms with E-state index in [1.54, 1.807) is 0 Å². The first-order valence-corrected chi connectivity index (χ1v) is 6.03. The molecule has 0 bridgehead atoms. The number of hydrogen-bond donors (Lipinski definition) is 0. The van der Waals surface area contributed by atoms with Crippen LogP contribution in [0.3, 0.4) is 0 Å². The van der Waals surface area contributed by atoms with Gasteiger partial charge in [0, 0.05) is 9.80 Å². The Morgan fingerprint density at radius 1 is 1.33 bits per heavy atom. The van der Waals surface area contributed by atoms with Crippen molar-refractivity contribution < 1.29 is 0 Å². The fourth-order valence-electron chi connectivity index (χ4n) is 0.966. The van der Waals surface area contributed by atoms with Crippen LogP contribution in [0.25, 0.3) is 0 Å². The van der Waals surface area contributed by atoms with Crippen LogP contribution in [-0.4, -0.2) is 5.33 Å². The first-order valence-electron chi connectivity index (χ1n) is 3.74. The fraction of sp³-hybridized carbons (Fsp3) is 0.333. The summed E-state index contributed by atoms with van der Waals surface area (Å²) in [5.74, 6) is 0. The standard InChI is InChI=1S/C9H9Br2Cl/c10-5-1-2-7-3-4-9(12)8(11)6-7/h3-4,6H,1-2,5H2. The molecule has 0 amide bonds. The maximum Gasteiger partial charge on any atom is 0.0548 e. The molecule has 0 aliphatic carbocycles. The van der Waals surface area contributed by atoms with Crippen molar-refractivity contribution in [1.29, 1.82) is 0 Å². The van der Waals surface area contributed by atoms with Crippen LogP contribution < -0.4 is 0 Å². The summed E-state index contributed by atoms with van der Waals surface area (Å²) < 4.78 is 0.983. The Labute approximate surface area is 94.6 Å². The largest absolute Gasteiger partial charge is 0.0928 e. The summed E-state index contributed by atoms with van der Waals surface area (Å²) in [6, 6.07) is 6.07. The van der Waals surface area contributed by atoms with Crippen molar-refractivity contribution in [2.24, 2.45) is 0 Å². The Balaban J connectivity index is 2.69. The molecule has 1 aromatic rings. The first kappa shape index (κ1) is 10.6. The molecule has 1 aromatic carbocycles. The van der Waals surface area contributed by atoms with Crippen molar-refractivity contribution in [1.82, 2.24) is 0 Å². The summed E-state index contributed by atoms with van der Waals surface area (Å²) in [5, 5.41) is 1.82. The quantitative estimate of drug-likeness (QED) is 0.724. The molecule has 0 saturated heterocycles. The highest BCUT2D eigenvalue weighted by molar-refractivity contribution is 9.10. The smallest absolute Gasteiger partial charge is 0.0548 e. The molecule has 0 aliphatic heterocycles. The van der Waals surface area contributed by atoms with E-state index in [-0.39, 0.29) is 0 Å². The Morgan fingerprint density at radius 2 is 2.08 bits per heavy atom. The van der Waals surface area contributed by atoms with Gasteiger partial charge in [0.1, 0.15) is 0 Å². The Morgan fingerprint density at radius 3 is 2.67 bits per heavy atom. The Bertz CT molecular complexity index is 261. The average Bonchev–Trinajstić information content (AvgIpc) is 2.07. The van der Waals surface area contributed by atoms with Gasteiger partial charge in [-0.3, -0.25) is 0 Å². The molecule has 0 saturated carbocycles. The van der Waals surface area contributed by atoms with Gasteiger partial charge in [0.05, 0.1) is 5.02 Å². The second-order valence-electron chi connectivity index (χ2n) is 2.54. The fourth-order valence-corrected chi connectivity index (χ4v) is 1.79. The van der Waals surface area contributed by atoms with Gasteiger partial charge in [-0.05, 0) is 46.5 Å². The topological polar surface area (TPSA) is 0 Å². The van der Waals surface area contributed by atoms with E-state index in [4.69, 9.17) is 11.6 Å². The molecule has 66 valence electrons. The lowest BCUT2D eigenvalue weighted by atomic mass is 10.1. The highest BCUT2D eigenvalue weighted by atomic mass is 79.9. The highest BCUT2D eigenvalue weighted by Gasteiger charge is 1.98. The molecule has 0 N–H and O–H groups in total. The molecule has 12 heavy (non-hydrogen) atoms. The van der Waals surface area contributed by atoms with Crippen LogP contribution in [0.15, 0.2) is 22.7 Å². The molecule has 0 radical (unpaired) electrons. The van der Waals surface area contributed by atoms with Crippen LogP contribution in [0.5, 0.6) is 0 Å². The summed E-state index contributed by atoms with van der Waals surface area (Å²) in [7, 11) is 0. The number of hydrogen-bond acceptors (Lipinski definition) is 0. The molecule has 0 unspecified atom stereocenters. The SMILES string of the molecule is Clc1ccc(CCCBr)cc1Br. The number of halogens is 3. The Kier molecular flexibility index (Phi) is 4.62. The minimum Gasteiger partial charge on any atom is -0.0928 e. The van der Waals surface area contributed by atoms with Gasteiger partial charge in [-0.2, -0.15) is 0 Å². The third-order valence-corrected chi connectivity index (χ3v) is 3.36. The zero-order chi connectivity index (χ0) is 8.97. The van der Waals surface area contributed by atoms with Crippen LogP contribution in [0.1, 0.15) is 12.0 Å². The number of rotatable bonds is 3. The Hall–Kier alpha value is 0.470. The van der Waals surface area contributed by atoms with Crippen molar-refractivity contribution in [2.75, 3.05) is 5.33 Å². The molecule has 0 aromatic heterocycles. The van der Waals surface area contributed by atoms with E-state index in [0.29, 0.717) is 0 Å². The second kappa shape index (κ2) is 5.25. The van der Waals surface area contributed by atoms with Crippen LogP contribution >= 0.6 is 43.5 Å². The van der Waals surface area contributed by atoms with E-state index in [1.165, 1.54) is 5.56 Å². The molecule has 0 atom stereocenters. The summed E-state index contributed by atoms with van der Waals surface area (Å²) in [6.45, 7) is 0. The minimum atomic E-state index is 0.776. The van der Waals surface area contributed by atoms with Gasteiger partial charge in [0.2, 0.25) is 0 Å². The molecule has 1 rings (SSSR count). The summed E-state index contributed by atoms with van der Waals surface area (Å²) in [6.07, 6.45) is 2.26. The van der Waals surface area contributed by atoms with Gasteiger partial charge in [0.25, 0.3) is 0 Å². The van der Waals surface area contributed by atoms with Crippen molar-refractivity contribution in [3.63, 3.8) is 0 Å². The van der Waals surface area contributed by atoms with Crippen molar-refractivity contribution in [2.45, 2.75) is 12.8 Å². The number of aryl methyl sites for hydroxylation is 1. The van der Waals surface area contributed by atoms with E-state index >= 15 is 0 Å². The summed E-state index contributed by atoms with van der Waals surface area (Å²) in [5.41, 5.74) is 1.32. The van der Waals surface area contributed by atoms with Crippen molar-refractivity contribution in [3.8, 4) is 0 Å². The molecule has 0 fully saturated rings. The monoisotopic (exact) mass is 310 g/mol. The average molecular weight is 312 g/mol. The van der Waals surface area contributed by atoms with Gasteiger partial charge >= 0.3 is 0 Å². The van der Waals surface area contributed by atoms with E-state index in [1.807, 2.05) is 6.07 Å². The molecule has 0 spiro atoms. The van der Waals surface area contributed by atoms with Crippen LogP contribution in [0, 0.1) is 0 Å². The lowest BCUT2D eigenvalue weighted by Gasteiger charge is -2.01. The van der Waals surface area contributed by atoms with Gasteiger partial charge in [-0.15, -0.1) is 0 Å². The second-order valence-corrected chi connectivity index (χ2v) is 4.60. The van der Waals surface area contributed by atoms with Crippen LogP contribution in [0.4, 0.5) is 0 Å². The normalized spacial score (nSPS) is 10.2. The third-order valence-electron chi connectivity index (χ3n) is 1.58. The van der Waals surface area contributed by atoms with Gasteiger partial charge in [-0.25, -0.2) is 0 Å². The molecule has 0 nitrogen and oxygen atoms in total. The van der Waals surface area contributed by atoms with Gasteiger partial charge < -0.3 is 0 Å². The molecular formula is C9H9Br2Cl. The van der Waals surface area contributed by atoms with E-state index in [0.717, 1.165) is 27.7 Å². The summed E-state index contributed by atoms with van der Waals surface area (Å²) >= 11 is 12.7. The first-order chi connectivity index (χ1) is 5.74. The number of alkyl halides is 1. The zero-order valence-electron chi connectivity index (χ0n) is 6.49. The zero-order valence-corrected chi connectivity index (χ0v) is 10.4. The van der Waals surface area contributed by atoms with Crippen LogP contribution in [0.2, 0.25) is 5.02 Å². The predicted octanol–water partition coefficient (Wildman–Crippen LogP) is 4.43. The van der Waals surface area contributed by atoms with Crippen LogP contribution in [-0.2, 0) is 6.42 Å². The number of benzene rings is 1. The predicted molar refractivity (Wildman–Crippen MR) is 61.3 cm³/mol. The lowest BCUT2D eigenvalue weighted by Crippen LogP contribution is -1.85.